The van der Waals surface area contributed by atoms with Crippen molar-refractivity contribution in [3.63, 3.8) is 0 Å². The lowest BCUT2D eigenvalue weighted by atomic mass is 11.6. The van der Waals surface area contributed by atoms with Crippen molar-refractivity contribution in [2.75, 3.05) is 14.1 Å². The second-order valence-corrected chi connectivity index (χ2v) is 4.13. The van der Waals surface area contributed by atoms with Gasteiger partial charge in [0.15, 0.2) is 0 Å². The van der Waals surface area contributed by atoms with Gasteiger partial charge in [-0.1, -0.05) is 0 Å². The molecule has 0 saturated carbocycles. The summed E-state index contributed by atoms with van der Waals surface area (Å²) in [6.07, 6.45) is 0. The molecule has 0 bridgehead atoms. The minimum absolute atomic E-state index is 1.19. The topological polar surface area (TPSA) is 24.1 Å². The number of rotatable bonds is 2. The molecule has 6 heavy (non-hydrogen) atoms. The van der Waals surface area contributed by atoms with Gasteiger partial charge < -0.3 is 9.96 Å². The fraction of sp³-hybridized carbons (Fsp3) is 1.00. The average molecular weight is 125 g/mol. The van der Waals surface area contributed by atoms with Gasteiger partial charge in [0, 0.05) is 0 Å². The number of hydrogen-bond donors (Lipinski definition) is 2. The van der Waals surface area contributed by atoms with Gasteiger partial charge >= 0.3 is 0 Å². The second-order valence-electron chi connectivity index (χ2n) is 0.940. The Morgan fingerprint density at radius 2 is 1.67 bits per heavy atom. The van der Waals surface area contributed by atoms with Gasteiger partial charge in [-0.2, -0.15) is 0 Å². The first-order chi connectivity index (χ1) is 2.81. The highest BCUT2D eigenvalue weighted by molar-refractivity contribution is 7.03. The summed E-state index contributed by atoms with van der Waals surface area (Å²) in [5.74, 6) is 0. The van der Waals surface area contributed by atoms with E-state index in [2.05, 4.69) is 9.96 Å². The summed E-state index contributed by atoms with van der Waals surface area (Å²) in [4.78, 5) is 5.82. The van der Waals surface area contributed by atoms with Gasteiger partial charge in [0.25, 0.3) is 8.43 Å². The van der Waals surface area contributed by atoms with Crippen LogP contribution in [0.5, 0.6) is 0 Å². The zero-order valence-electron chi connectivity index (χ0n) is 3.96. The lowest BCUT2D eigenvalue weighted by Crippen LogP contribution is -2.37. The van der Waals surface area contributed by atoms with Crippen LogP contribution in [0.2, 0.25) is 0 Å². The Morgan fingerprint density at radius 1 is 1.33 bits per heavy atom. The highest BCUT2D eigenvalue weighted by atomic mass is 35.6. The van der Waals surface area contributed by atoms with Crippen molar-refractivity contribution in [2.45, 2.75) is 0 Å². The zero-order chi connectivity index (χ0) is 4.99. The normalized spacial score (nSPS) is 10.0. The lowest BCUT2D eigenvalue weighted by Gasteiger charge is -1.98. The Morgan fingerprint density at radius 3 is 1.67 bits per heavy atom. The molecule has 2 N–H and O–H groups in total. The fourth-order valence-electron chi connectivity index (χ4n) is 0.144. The first-order valence-corrected chi connectivity index (χ1v) is 4.70. The van der Waals surface area contributed by atoms with E-state index in [-0.39, 0.29) is 0 Å². The molecule has 0 amide bonds. The van der Waals surface area contributed by atoms with Gasteiger partial charge in [-0.15, -0.1) is 11.1 Å². The molecule has 0 spiro atoms. The van der Waals surface area contributed by atoms with E-state index in [0.29, 0.717) is 0 Å². The maximum absolute atomic E-state index is 5.57. The molecule has 0 aliphatic carbocycles. The highest BCUT2D eigenvalue weighted by Crippen LogP contribution is 1.69. The van der Waals surface area contributed by atoms with Gasteiger partial charge in [-0.25, -0.2) is 0 Å². The van der Waals surface area contributed by atoms with Crippen molar-refractivity contribution in [3.8, 4) is 0 Å². The molecule has 0 aliphatic heterocycles. The van der Waals surface area contributed by atoms with Crippen molar-refractivity contribution < 1.29 is 0 Å². The minimum Gasteiger partial charge on any atom is -0.319 e. The third-order valence-corrected chi connectivity index (χ3v) is 2.83. The van der Waals surface area contributed by atoms with Crippen molar-refractivity contribution in [3.05, 3.63) is 0 Å². The number of hydrogen-bond acceptors (Lipinski definition) is 2. The Labute approximate surface area is 44.4 Å². The third kappa shape index (κ3) is 2.65. The van der Waals surface area contributed by atoms with Crippen LogP contribution in [-0.4, -0.2) is 22.5 Å². The van der Waals surface area contributed by atoms with E-state index in [9.17, 15) is 0 Å². The van der Waals surface area contributed by atoms with Crippen LogP contribution in [0, 0.1) is 0 Å². The molecule has 0 atom stereocenters. The van der Waals surface area contributed by atoms with E-state index >= 15 is 0 Å². The summed E-state index contributed by atoms with van der Waals surface area (Å²) < 4.78 is 0. The van der Waals surface area contributed by atoms with Crippen molar-refractivity contribution in [2.24, 2.45) is 0 Å². The number of nitrogens with one attached hydrogen (secondary N) is 2. The standard InChI is InChI=1S/C2H9ClN2Si/c1-4-6(3)5-2/h4-6H,1-2H3. The van der Waals surface area contributed by atoms with Crippen LogP contribution in [0.25, 0.3) is 0 Å². The quantitative estimate of drug-likeness (QED) is 0.379. The zero-order valence-corrected chi connectivity index (χ0v) is 5.87. The Kier molecular flexibility index (Phi) is 3.87. The number of halogens is 1. The van der Waals surface area contributed by atoms with Crippen LogP contribution in [-0.2, 0) is 0 Å². The monoisotopic (exact) mass is 124 g/mol. The van der Waals surface area contributed by atoms with Crippen molar-refractivity contribution >= 4 is 19.5 Å². The van der Waals surface area contributed by atoms with E-state index in [1.165, 1.54) is 0 Å². The summed E-state index contributed by atoms with van der Waals surface area (Å²) in [5.41, 5.74) is 0. The first-order valence-electron chi connectivity index (χ1n) is 1.80. The molecule has 0 fully saturated rings. The second kappa shape index (κ2) is 3.61. The molecule has 0 aromatic heterocycles. The molecule has 0 heterocycles. The summed E-state index contributed by atoms with van der Waals surface area (Å²) in [6.45, 7) is 0. The predicted octanol–water partition coefficient (Wildman–Crippen LogP) is -0.619. The summed E-state index contributed by atoms with van der Waals surface area (Å²) >= 11 is 5.57. The van der Waals surface area contributed by atoms with E-state index < -0.39 is 8.43 Å². The first kappa shape index (κ1) is 6.43. The van der Waals surface area contributed by atoms with Gasteiger partial charge in [-0.3, -0.25) is 0 Å². The largest absolute Gasteiger partial charge is 0.319 e. The molecule has 0 rings (SSSR count). The molecule has 0 unspecified atom stereocenters. The predicted molar refractivity (Wildman–Crippen MR) is 31.1 cm³/mol. The van der Waals surface area contributed by atoms with E-state index in [0.717, 1.165) is 0 Å². The Hall–Kier alpha value is 0.427. The molecule has 0 aliphatic rings. The van der Waals surface area contributed by atoms with Crippen LogP contribution in [0.1, 0.15) is 0 Å². The maximum Gasteiger partial charge on any atom is 0.285 e. The van der Waals surface area contributed by atoms with Crippen LogP contribution >= 0.6 is 11.1 Å². The molecule has 0 aromatic carbocycles. The highest BCUT2D eigenvalue weighted by Gasteiger charge is 1.93. The lowest BCUT2D eigenvalue weighted by molar-refractivity contribution is 1.11. The average Bonchev–Trinajstić information content (AvgIpc) is 1.65. The summed E-state index contributed by atoms with van der Waals surface area (Å²) in [7, 11) is 2.51. The van der Waals surface area contributed by atoms with Crippen LogP contribution in [0.3, 0.4) is 0 Å². The minimum atomic E-state index is -1.19. The van der Waals surface area contributed by atoms with Crippen LogP contribution in [0.4, 0.5) is 0 Å². The van der Waals surface area contributed by atoms with E-state index in [1.807, 2.05) is 14.1 Å². The molecular weight excluding hydrogens is 116 g/mol. The third-order valence-electron chi connectivity index (χ3n) is 0.507. The molecule has 38 valence electrons. The van der Waals surface area contributed by atoms with Gasteiger partial charge in [0.1, 0.15) is 0 Å². The van der Waals surface area contributed by atoms with E-state index in [1.54, 1.807) is 0 Å². The summed E-state index contributed by atoms with van der Waals surface area (Å²) in [5, 5.41) is 0. The molecular formula is C2H9ClN2Si. The Bertz CT molecular complexity index is 30.7. The fourth-order valence-corrected chi connectivity index (χ4v) is 0.433. The molecule has 0 aromatic rings. The van der Waals surface area contributed by atoms with Crippen molar-refractivity contribution in [1.82, 2.24) is 9.96 Å². The summed E-state index contributed by atoms with van der Waals surface area (Å²) in [6, 6.07) is 0. The van der Waals surface area contributed by atoms with Gasteiger partial charge in [-0.05, 0) is 14.1 Å². The SMILES string of the molecule is CN[SiH](Cl)NC. The Balaban J connectivity index is 2.75. The molecule has 4 heteroatoms. The van der Waals surface area contributed by atoms with Crippen molar-refractivity contribution in [1.29, 1.82) is 0 Å². The smallest absolute Gasteiger partial charge is 0.285 e. The van der Waals surface area contributed by atoms with E-state index in [4.69, 9.17) is 11.1 Å². The van der Waals surface area contributed by atoms with Gasteiger partial charge in [0.05, 0.1) is 0 Å². The van der Waals surface area contributed by atoms with Gasteiger partial charge in [0.2, 0.25) is 0 Å². The van der Waals surface area contributed by atoms with Crippen LogP contribution in [0.15, 0.2) is 0 Å². The molecule has 0 radical (unpaired) electrons. The maximum atomic E-state index is 5.57. The molecule has 0 saturated heterocycles. The van der Waals surface area contributed by atoms with Crippen LogP contribution < -0.4 is 9.96 Å². The molecule has 2 nitrogen and oxygen atoms in total.